The molecule has 2 heterocycles. The lowest BCUT2D eigenvalue weighted by Crippen LogP contribution is -2.50. The molecule has 0 aliphatic carbocycles. The van der Waals surface area contributed by atoms with Crippen molar-refractivity contribution in [2.75, 3.05) is 6.61 Å². The molecule has 0 spiro atoms. The van der Waals surface area contributed by atoms with E-state index in [0.29, 0.717) is 18.1 Å². The Labute approximate surface area is 175 Å². The lowest BCUT2D eigenvalue weighted by Gasteiger charge is -2.23. The average Bonchev–Trinajstić information content (AvgIpc) is 3.11. The van der Waals surface area contributed by atoms with Crippen LogP contribution in [0.2, 0.25) is 0 Å². The normalized spacial score (nSPS) is 12.2. The Morgan fingerprint density at radius 2 is 1.87 bits per heavy atom. The monoisotopic (exact) mass is 412 g/mol. The van der Waals surface area contributed by atoms with E-state index in [1.54, 1.807) is 36.6 Å². The summed E-state index contributed by atoms with van der Waals surface area (Å²) < 4.78 is 7.43. The fourth-order valence-electron chi connectivity index (χ4n) is 2.76. The third kappa shape index (κ3) is 5.19. The number of benzene rings is 1. The van der Waals surface area contributed by atoms with E-state index in [1.807, 2.05) is 30.3 Å². The zero-order chi connectivity index (χ0) is 21.0. The summed E-state index contributed by atoms with van der Waals surface area (Å²) in [4.78, 5) is 24.2. The molecule has 0 unspecified atom stereocenters. The van der Waals surface area contributed by atoms with Crippen LogP contribution in [-0.4, -0.2) is 38.6 Å². The first kappa shape index (κ1) is 23.0. The van der Waals surface area contributed by atoms with Crippen molar-refractivity contribution in [1.29, 1.82) is 0 Å². The molecular weight excluding hydrogens is 384 g/mol. The number of rotatable bonds is 8. The number of pyridine rings is 1. The van der Waals surface area contributed by atoms with Gasteiger partial charge in [0.15, 0.2) is 11.5 Å². The molecule has 1 atom stereocenters. The molecule has 2 amide bonds. The molecule has 9 nitrogen and oxygen atoms in total. The number of aromatic nitrogens is 3. The van der Waals surface area contributed by atoms with Gasteiger partial charge in [-0.2, -0.15) is 0 Å². The molecule has 0 radical (unpaired) electrons. The molecule has 1 aromatic carbocycles. The quantitative estimate of drug-likeness (QED) is 0.513. The highest BCUT2D eigenvalue weighted by Crippen LogP contribution is 2.17. The van der Waals surface area contributed by atoms with Crippen molar-refractivity contribution in [3.8, 4) is 0 Å². The van der Waals surface area contributed by atoms with Gasteiger partial charge in [0.2, 0.25) is 5.91 Å². The van der Waals surface area contributed by atoms with E-state index in [2.05, 4.69) is 15.5 Å². The number of primary amides is 1. The number of hydrogen-bond acceptors (Lipinski definition) is 6. The molecule has 0 fully saturated rings. The number of nitrogens with one attached hydrogen (secondary N) is 1. The second-order valence-corrected chi connectivity index (χ2v) is 7.29. The van der Waals surface area contributed by atoms with Crippen LogP contribution < -0.4 is 16.8 Å². The highest BCUT2D eigenvalue weighted by atomic mass is 16.5. The summed E-state index contributed by atoms with van der Waals surface area (Å²) in [6.45, 7) is 3.72. The predicted octanol–water partition coefficient (Wildman–Crippen LogP) is 1.58. The lowest BCUT2D eigenvalue weighted by atomic mass is 10.1. The van der Waals surface area contributed by atoms with Crippen LogP contribution in [0.1, 0.15) is 49.1 Å². The van der Waals surface area contributed by atoms with E-state index in [-0.39, 0.29) is 25.5 Å². The zero-order valence-corrected chi connectivity index (χ0v) is 16.3. The fraction of sp³-hybridized carbons (Fsp3) is 0.333. The molecule has 2 aromatic heterocycles. The molecule has 30 heavy (non-hydrogen) atoms. The Kier molecular flexibility index (Phi) is 7.25. The van der Waals surface area contributed by atoms with Gasteiger partial charge in [-0.1, -0.05) is 37.8 Å². The van der Waals surface area contributed by atoms with Crippen LogP contribution in [0.15, 0.2) is 48.7 Å². The van der Waals surface area contributed by atoms with Gasteiger partial charge in [-0.25, -0.2) is 0 Å². The Hall–Kier alpha value is -3.30. The van der Waals surface area contributed by atoms with Crippen LogP contribution in [0.5, 0.6) is 0 Å². The van der Waals surface area contributed by atoms with Crippen LogP contribution in [-0.2, 0) is 16.1 Å². The first-order chi connectivity index (χ1) is 13.8. The summed E-state index contributed by atoms with van der Waals surface area (Å²) in [5.74, 6) is -0.569. The van der Waals surface area contributed by atoms with Gasteiger partial charge in [-0.15, -0.1) is 10.2 Å². The van der Waals surface area contributed by atoms with Crippen molar-refractivity contribution in [2.24, 2.45) is 11.5 Å². The topological polar surface area (TPSA) is 138 Å². The van der Waals surface area contributed by atoms with Gasteiger partial charge in [0, 0.05) is 6.20 Å². The van der Waals surface area contributed by atoms with Gasteiger partial charge in [0.25, 0.3) is 5.91 Å². The Morgan fingerprint density at radius 3 is 2.50 bits per heavy atom. The number of carbonyl (C=O) groups is 2. The van der Waals surface area contributed by atoms with E-state index in [1.165, 1.54) is 0 Å². The van der Waals surface area contributed by atoms with Gasteiger partial charge in [0.1, 0.15) is 6.04 Å². The largest absolute Gasteiger partial charge is 0.374 e. The molecule has 160 valence electrons. The number of nitrogens with zero attached hydrogens (tertiary/aromatic N) is 3. The van der Waals surface area contributed by atoms with Gasteiger partial charge < -0.3 is 21.5 Å². The average molecular weight is 412 g/mol. The number of nitrogens with two attached hydrogens (primary N) is 2. The van der Waals surface area contributed by atoms with Crippen molar-refractivity contribution in [3.63, 3.8) is 0 Å². The van der Waals surface area contributed by atoms with Gasteiger partial charge in [-0.3, -0.25) is 14.0 Å². The van der Waals surface area contributed by atoms with Crippen LogP contribution in [0.25, 0.3) is 5.65 Å². The van der Waals surface area contributed by atoms with Gasteiger partial charge in [0.05, 0.1) is 24.3 Å². The molecular formula is C21H28N6O3. The van der Waals surface area contributed by atoms with Crippen molar-refractivity contribution in [1.82, 2.24) is 19.9 Å². The smallest absolute Gasteiger partial charge is 0.252 e. The summed E-state index contributed by atoms with van der Waals surface area (Å²) in [6.07, 6.45) is 1.70. The minimum Gasteiger partial charge on any atom is -0.374 e. The molecule has 9 heteroatoms. The molecule has 0 saturated heterocycles. The minimum absolute atomic E-state index is 0. The Morgan fingerprint density at radius 1 is 1.17 bits per heavy atom. The van der Waals surface area contributed by atoms with Crippen molar-refractivity contribution >= 4 is 17.5 Å². The SMILES string of the molecule is C.CC(C)(N)C(=O)N[C@H](COCc1ccccc1)c1nnc2c(C(N)=O)cccn12. The first-order valence-corrected chi connectivity index (χ1v) is 9.12. The molecule has 3 rings (SSSR count). The van der Waals surface area contributed by atoms with E-state index in [9.17, 15) is 9.59 Å². The number of hydrogen-bond donors (Lipinski definition) is 3. The second-order valence-electron chi connectivity index (χ2n) is 7.29. The van der Waals surface area contributed by atoms with E-state index >= 15 is 0 Å². The molecule has 0 aliphatic rings. The van der Waals surface area contributed by atoms with Crippen LogP contribution >= 0.6 is 0 Å². The van der Waals surface area contributed by atoms with E-state index in [4.69, 9.17) is 16.2 Å². The van der Waals surface area contributed by atoms with Gasteiger partial charge in [-0.05, 0) is 31.5 Å². The van der Waals surface area contributed by atoms with E-state index < -0.39 is 17.5 Å². The van der Waals surface area contributed by atoms with Crippen LogP contribution in [0, 0.1) is 0 Å². The fourth-order valence-corrected chi connectivity index (χ4v) is 2.76. The highest BCUT2D eigenvalue weighted by molar-refractivity contribution is 5.98. The molecule has 0 aliphatic heterocycles. The summed E-state index contributed by atoms with van der Waals surface area (Å²) in [5.41, 5.74) is 11.8. The maximum atomic E-state index is 12.5. The maximum absolute atomic E-state index is 12.5. The highest BCUT2D eigenvalue weighted by Gasteiger charge is 2.28. The first-order valence-electron chi connectivity index (χ1n) is 9.12. The number of ether oxygens (including phenoxy) is 1. The number of amides is 2. The Bertz CT molecular complexity index is 1010. The third-order valence-corrected chi connectivity index (χ3v) is 4.32. The maximum Gasteiger partial charge on any atom is 0.252 e. The van der Waals surface area contributed by atoms with E-state index in [0.717, 1.165) is 5.56 Å². The number of carbonyl (C=O) groups excluding carboxylic acids is 2. The van der Waals surface area contributed by atoms with Crippen LogP contribution in [0.3, 0.4) is 0 Å². The summed E-state index contributed by atoms with van der Waals surface area (Å²) >= 11 is 0. The molecule has 3 aromatic rings. The lowest BCUT2D eigenvalue weighted by molar-refractivity contribution is -0.126. The van der Waals surface area contributed by atoms with Crippen molar-refractivity contribution < 1.29 is 14.3 Å². The minimum atomic E-state index is -1.09. The second kappa shape index (κ2) is 9.47. The molecule has 0 saturated carbocycles. The Balaban J connectivity index is 0.00000320. The summed E-state index contributed by atoms with van der Waals surface area (Å²) in [6, 6.07) is 12.3. The summed E-state index contributed by atoms with van der Waals surface area (Å²) in [7, 11) is 0. The zero-order valence-electron chi connectivity index (χ0n) is 16.3. The predicted molar refractivity (Wildman–Crippen MR) is 113 cm³/mol. The van der Waals surface area contributed by atoms with Crippen molar-refractivity contribution in [2.45, 2.75) is 39.5 Å². The van der Waals surface area contributed by atoms with Crippen LogP contribution in [0.4, 0.5) is 0 Å². The standard InChI is InChI=1S/C20H24N6O3.CH4/c1-20(2,22)19(28)23-15(12-29-11-13-7-4-3-5-8-13)18-25-24-17-14(16(21)27)9-6-10-26(17)18;/h3-10,15H,11-12,22H2,1-2H3,(H2,21,27)(H,23,28);1H4/t15-;/m1./s1. The number of fused-ring (bicyclic) bond motifs is 1. The summed E-state index contributed by atoms with van der Waals surface area (Å²) in [5, 5.41) is 11.1. The van der Waals surface area contributed by atoms with Gasteiger partial charge >= 0.3 is 0 Å². The molecule has 5 N–H and O–H groups in total. The molecule has 0 bridgehead atoms. The third-order valence-electron chi connectivity index (χ3n) is 4.32. The van der Waals surface area contributed by atoms with Crippen molar-refractivity contribution in [3.05, 3.63) is 65.6 Å².